The van der Waals surface area contributed by atoms with Gasteiger partial charge in [0.05, 0.1) is 5.56 Å². The number of aryl methyl sites for hydroxylation is 1. The summed E-state index contributed by atoms with van der Waals surface area (Å²) >= 11 is 5.27. The van der Waals surface area contributed by atoms with Crippen LogP contribution in [0.25, 0.3) is 11.0 Å². The molecule has 3 heterocycles. The van der Waals surface area contributed by atoms with E-state index in [0.717, 1.165) is 22.4 Å². The van der Waals surface area contributed by atoms with Crippen LogP contribution < -0.4 is 11.3 Å². The number of nitrogen functional groups attached to an aromatic ring is 1. The minimum atomic E-state index is -0.0683. The fourth-order valence-electron chi connectivity index (χ4n) is 1.67. The summed E-state index contributed by atoms with van der Waals surface area (Å²) in [5.41, 5.74) is 7.03. The fraction of sp³-hybridized carbons (Fsp3) is 0.200. The van der Waals surface area contributed by atoms with E-state index in [9.17, 15) is 9.59 Å². The summed E-state index contributed by atoms with van der Waals surface area (Å²) in [6, 6.07) is 8.89. The lowest BCUT2D eigenvalue weighted by Gasteiger charge is -1.96. The van der Waals surface area contributed by atoms with Gasteiger partial charge in [-0.15, -0.1) is 0 Å². The van der Waals surface area contributed by atoms with Crippen molar-refractivity contribution in [1.82, 2.24) is 15.0 Å². The number of H-pyrrole nitrogens is 1. The molecule has 0 aromatic carbocycles. The second-order valence-electron chi connectivity index (χ2n) is 5.19. The third-order valence-corrected chi connectivity index (χ3v) is 3.45. The van der Waals surface area contributed by atoms with Crippen LogP contribution in [0, 0.1) is 6.92 Å². The third-order valence-electron chi connectivity index (χ3n) is 3.18. The molecule has 3 rings (SSSR count). The molecule has 3 N–H and O–H groups in total. The average molecular weight is 389 g/mol. The number of pyridine rings is 3. The Bertz CT molecular complexity index is 938. The third kappa shape index (κ3) is 8.29. The van der Waals surface area contributed by atoms with Crippen molar-refractivity contribution in [3.63, 3.8) is 0 Å². The predicted molar refractivity (Wildman–Crippen MR) is 113 cm³/mol. The maximum absolute atomic E-state index is 11.1. The molecule has 0 saturated heterocycles. The van der Waals surface area contributed by atoms with Gasteiger partial charge in [-0.25, -0.2) is 9.97 Å². The number of aromatic nitrogens is 3. The first-order valence-corrected chi connectivity index (χ1v) is 8.20. The molecule has 3 aromatic heterocycles. The Hall–Kier alpha value is -2.99. The van der Waals surface area contributed by atoms with E-state index in [4.69, 9.17) is 17.3 Å². The number of aldehydes is 1. The number of rotatable bonds is 2. The predicted octanol–water partition coefficient (Wildman–Crippen LogP) is 4.49. The molecule has 0 amide bonds. The van der Waals surface area contributed by atoms with Crippen LogP contribution in [0.3, 0.4) is 0 Å². The Balaban J connectivity index is 0.000000403. The molecule has 0 aliphatic heterocycles. The van der Waals surface area contributed by atoms with Crippen molar-refractivity contribution >= 4 is 34.7 Å². The zero-order chi connectivity index (χ0) is 19.5. The van der Waals surface area contributed by atoms with Crippen molar-refractivity contribution in [1.29, 1.82) is 0 Å². The summed E-state index contributed by atoms with van der Waals surface area (Å²) in [6.45, 7) is 7.19. The highest BCUT2D eigenvalue weighted by Gasteiger charge is 1.96. The maximum atomic E-state index is 11.1. The van der Waals surface area contributed by atoms with Gasteiger partial charge in [0.1, 0.15) is 11.5 Å². The lowest BCUT2D eigenvalue weighted by atomic mass is 10.2. The molecular weight excluding hydrogens is 364 g/mol. The van der Waals surface area contributed by atoms with E-state index in [1.54, 1.807) is 31.5 Å². The Morgan fingerprint density at radius 1 is 1.30 bits per heavy atom. The van der Waals surface area contributed by atoms with Crippen LogP contribution in [-0.4, -0.2) is 21.2 Å². The molecule has 27 heavy (non-hydrogen) atoms. The number of nitrogens with two attached hydrogens (primary N) is 1. The largest absolute Gasteiger partial charge is 0.383 e. The summed E-state index contributed by atoms with van der Waals surface area (Å²) in [5.74, 6) is 0.285. The lowest BCUT2D eigenvalue weighted by molar-refractivity contribution is 0.112. The number of allylic oxidation sites excluding steroid dienone is 1. The first-order valence-electron chi connectivity index (χ1n) is 7.82. The Morgan fingerprint density at radius 3 is 2.41 bits per heavy atom. The summed E-state index contributed by atoms with van der Waals surface area (Å²) in [6.07, 6.45) is 4.76. The number of nitrogens with one attached hydrogen (secondary N) is 1. The summed E-state index contributed by atoms with van der Waals surface area (Å²) in [7, 11) is 0. The van der Waals surface area contributed by atoms with Crippen LogP contribution >= 0.6 is 11.6 Å². The molecule has 0 atom stereocenters. The molecule has 6 nitrogen and oxygen atoms in total. The van der Waals surface area contributed by atoms with Gasteiger partial charge in [-0.2, -0.15) is 0 Å². The standard InChI is InChI=1S/C9H8N2O.C6H6N2O.C4H7Cl.CH4/c1-6-5-7-3-2-4-10-8(7)11-9(6)12;7-6-5(4-9)2-1-3-8-6;1-3-4(2)5;/h2-5H,1H3,(H,10,11,12);1-4H,(H2,7,8);2-3H2,1H3;1H4. The molecule has 0 radical (unpaired) electrons. The second kappa shape index (κ2) is 12.4. The molecule has 7 heteroatoms. The first kappa shape index (κ1) is 24.0. The van der Waals surface area contributed by atoms with E-state index in [1.807, 2.05) is 25.1 Å². The van der Waals surface area contributed by atoms with Crippen LogP contribution in [0.15, 0.2) is 59.1 Å². The van der Waals surface area contributed by atoms with Crippen molar-refractivity contribution in [3.8, 4) is 0 Å². The fourth-order valence-corrected chi connectivity index (χ4v) is 1.67. The van der Waals surface area contributed by atoms with Crippen molar-refractivity contribution < 1.29 is 4.79 Å². The average Bonchev–Trinajstić information content (AvgIpc) is 2.64. The van der Waals surface area contributed by atoms with Gasteiger partial charge < -0.3 is 10.7 Å². The highest BCUT2D eigenvalue weighted by molar-refractivity contribution is 6.29. The van der Waals surface area contributed by atoms with Crippen molar-refractivity contribution in [2.24, 2.45) is 0 Å². The number of aromatic amines is 1. The van der Waals surface area contributed by atoms with Crippen molar-refractivity contribution in [2.45, 2.75) is 27.7 Å². The van der Waals surface area contributed by atoms with Gasteiger partial charge in [0.15, 0.2) is 6.29 Å². The van der Waals surface area contributed by atoms with E-state index >= 15 is 0 Å². The minimum absolute atomic E-state index is 0. The molecule has 0 bridgehead atoms. The smallest absolute Gasteiger partial charge is 0.252 e. The van der Waals surface area contributed by atoms with E-state index in [2.05, 4.69) is 21.5 Å². The molecule has 0 saturated carbocycles. The van der Waals surface area contributed by atoms with Gasteiger partial charge in [-0.1, -0.05) is 32.5 Å². The zero-order valence-corrected chi connectivity index (χ0v) is 15.5. The van der Waals surface area contributed by atoms with Crippen molar-refractivity contribution in [2.75, 3.05) is 5.73 Å². The van der Waals surface area contributed by atoms with E-state index in [0.29, 0.717) is 17.5 Å². The molecule has 3 aromatic rings. The van der Waals surface area contributed by atoms with E-state index in [-0.39, 0.29) is 18.8 Å². The number of nitrogens with zero attached hydrogens (tertiary/aromatic N) is 2. The summed E-state index contributed by atoms with van der Waals surface area (Å²) in [4.78, 5) is 31.7. The zero-order valence-electron chi connectivity index (χ0n) is 14.7. The van der Waals surface area contributed by atoms with Gasteiger partial charge >= 0.3 is 0 Å². The quantitative estimate of drug-likeness (QED) is 0.629. The van der Waals surface area contributed by atoms with Crippen LogP contribution in [0.2, 0.25) is 0 Å². The first-order chi connectivity index (χ1) is 12.4. The number of hydrogen-bond acceptors (Lipinski definition) is 5. The topological polar surface area (TPSA) is 102 Å². The van der Waals surface area contributed by atoms with E-state index < -0.39 is 0 Å². The Labute approximate surface area is 164 Å². The van der Waals surface area contributed by atoms with Gasteiger partial charge in [0.2, 0.25) is 0 Å². The molecule has 0 unspecified atom stereocenters. The number of carbonyl (C=O) groups is 1. The highest BCUT2D eigenvalue weighted by atomic mass is 35.5. The summed E-state index contributed by atoms with van der Waals surface area (Å²) in [5, 5.41) is 1.69. The molecule has 0 aliphatic carbocycles. The second-order valence-corrected chi connectivity index (χ2v) is 5.72. The molecule has 0 fully saturated rings. The number of carbonyl (C=O) groups excluding carboxylic acids is 1. The number of hydrogen-bond donors (Lipinski definition) is 2. The van der Waals surface area contributed by atoms with Crippen molar-refractivity contribution in [3.05, 3.63) is 75.8 Å². The number of fused-ring (bicyclic) bond motifs is 1. The van der Waals surface area contributed by atoms with Gasteiger partial charge in [0, 0.05) is 28.4 Å². The number of halogens is 1. The molecular formula is C20H25ClN4O2. The Kier molecular flexibility index (Phi) is 11.0. The van der Waals surface area contributed by atoms with Crippen LogP contribution in [0.4, 0.5) is 5.82 Å². The van der Waals surface area contributed by atoms with E-state index in [1.165, 1.54) is 0 Å². The molecule has 144 valence electrons. The lowest BCUT2D eigenvalue weighted by Crippen LogP contribution is -2.08. The highest BCUT2D eigenvalue weighted by Crippen LogP contribution is 2.05. The minimum Gasteiger partial charge on any atom is -0.383 e. The van der Waals surface area contributed by atoms with Crippen LogP contribution in [-0.2, 0) is 0 Å². The monoisotopic (exact) mass is 388 g/mol. The van der Waals surface area contributed by atoms with Crippen LogP contribution in [0.1, 0.15) is 36.7 Å². The van der Waals surface area contributed by atoms with Crippen LogP contribution in [0.5, 0.6) is 0 Å². The maximum Gasteiger partial charge on any atom is 0.252 e. The van der Waals surface area contributed by atoms with Gasteiger partial charge in [-0.3, -0.25) is 9.59 Å². The molecule has 0 aliphatic rings. The normalized spacial score (nSPS) is 9.00. The summed E-state index contributed by atoms with van der Waals surface area (Å²) < 4.78 is 0. The van der Waals surface area contributed by atoms with Gasteiger partial charge in [-0.05, 0) is 43.7 Å². The molecule has 0 spiro atoms. The Morgan fingerprint density at radius 2 is 1.89 bits per heavy atom. The van der Waals surface area contributed by atoms with Gasteiger partial charge in [0.25, 0.3) is 5.56 Å². The SMILES string of the molecule is C.C=C(Cl)CC.Cc1cc2cccnc2[nH]c1=O.Nc1ncccc1C=O. The number of anilines is 1.